The molecule has 1 heterocycles. The Morgan fingerprint density at radius 1 is 1.30 bits per heavy atom. The van der Waals surface area contributed by atoms with E-state index in [1.54, 1.807) is 24.4 Å². The average Bonchev–Trinajstić information content (AvgIpc) is 2.46. The van der Waals surface area contributed by atoms with E-state index >= 15 is 0 Å². The van der Waals surface area contributed by atoms with Crippen LogP contribution in [-0.4, -0.2) is 21.2 Å². The lowest BCUT2D eigenvalue weighted by atomic mass is 10.1. The van der Waals surface area contributed by atoms with Gasteiger partial charge >= 0.3 is 0 Å². The molecule has 6 heteroatoms. The molecule has 0 amide bonds. The Hall–Kier alpha value is -3.02. The Labute approximate surface area is 114 Å². The summed E-state index contributed by atoms with van der Waals surface area (Å²) in [5, 5.41) is 20.2. The molecular weight excluding hydrogens is 258 g/mol. The summed E-state index contributed by atoms with van der Waals surface area (Å²) in [6.45, 7) is 0. The van der Waals surface area contributed by atoms with Crippen molar-refractivity contribution >= 4 is 23.8 Å². The Balaban J connectivity index is 2.13. The number of non-ortho nitro benzene ring substituents is 1. The number of rotatable bonds is 4. The maximum absolute atomic E-state index is 10.6. The van der Waals surface area contributed by atoms with Gasteiger partial charge in [-0.25, -0.2) is 9.98 Å². The van der Waals surface area contributed by atoms with Crippen molar-refractivity contribution in [3.05, 3.63) is 64.3 Å². The van der Waals surface area contributed by atoms with Crippen LogP contribution in [0.25, 0.3) is 6.08 Å². The highest BCUT2D eigenvalue weighted by atomic mass is 16.6. The van der Waals surface area contributed by atoms with Gasteiger partial charge in [0, 0.05) is 30.1 Å². The number of phenolic OH excluding ortho intramolecular Hbond substituents is 1. The van der Waals surface area contributed by atoms with Crippen molar-refractivity contribution in [2.75, 3.05) is 0 Å². The smallest absolute Gasteiger partial charge is 0.270 e. The molecule has 2 rings (SSSR count). The normalized spacial score (nSPS) is 11.2. The molecule has 1 aromatic carbocycles. The Kier molecular flexibility index (Phi) is 4.18. The minimum Gasteiger partial charge on any atom is -0.507 e. The van der Waals surface area contributed by atoms with E-state index in [9.17, 15) is 15.2 Å². The highest BCUT2D eigenvalue weighted by Crippen LogP contribution is 2.23. The van der Waals surface area contributed by atoms with E-state index in [1.807, 2.05) is 6.07 Å². The second-order valence-electron chi connectivity index (χ2n) is 3.83. The highest BCUT2D eigenvalue weighted by Gasteiger charge is 2.07. The topological polar surface area (TPSA) is 88.6 Å². The summed E-state index contributed by atoms with van der Waals surface area (Å²) in [6, 6.07) is 9.17. The van der Waals surface area contributed by atoms with Gasteiger partial charge in [-0.05, 0) is 30.4 Å². The maximum Gasteiger partial charge on any atom is 0.270 e. The summed E-state index contributed by atoms with van der Waals surface area (Å²) in [5.41, 5.74) is 0.274. The van der Waals surface area contributed by atoms with Crippen molar-refractivity contribution in [1.29, 1.82) is 0 Å². The van der Waals surface area contributed by atoms with Crippen LogP contribution < -0.4 is 0 Å². The molecule has 6 nitrogen and oxygen atoms in total. The van der Waals surface area contributed by atoms with Gasteiger partial charge in [-0.3, -0.25) is 10.1 Å². The number of aromatic nitrogens is 1. The molecule has 0 saturated heterocycles. The fraction of sp³-hybridized carbons (Fsp3) is 0. The van der Waals surface area contributed by atoms with Gasteiger partial charge in [0.25, 0.3) is 5.69 Å². The summed E-state index contributed by atoms with van der Waals surface area (Å²) in [7, 11) is 0. The molecule has 0 spiro atoms. The monoisotopic (exact) mass is 269 g/mol. The summed E-state index contributed by atoms with van der Waals surface area (Å²) in [5.74, 6) is 0.526. The molecule has 0 aliphatic carbocycles. The van der Waals surface area contributed by atoms with Crippen molar-refractivity contribution in [2.45, 2.75) is 0 Å². The van der Waals surface area contributed by atoms with Crippen molar-refractivity contribution in [1.82, 2.24) is 4.98 Å². The summed E-state index contributed by atoms with van der Waals surface area (Å²) < 4.78 is 0. The van der Waals surface area contributed by atoms with E-state index in [2.05, 4.69) is 9.98 Å². The van der Waals surface area contributed by atoms with E-state index < -0.39 is 4.92 Å². The molecule has 0 unspecified atom stereocenters. The van der Waals surface area contributed by atoms with E-state index in [4.69, 9.17) is 0 Å². The molecule has 1 N–H and O–H groups in total. The third kappa shape index (κ3) is 3.49. The second kappa shape index (κ2) is 6.24. The minimum atomic E-state index is -0.515. The van der Waals surface area contributed by atoms with Gasteiger partial charge < -0.3 is 5.11 Å². The number of nitro groups is 1. The lowest BCUT2D eigenvalue weighted by Crippen LogP contribution is -1.88. The lowest BCUT2D eigenvalue weighted by molar-refractivity contribution is -0.384. The number of phenols is 1. The Morgan fingerprint density at radius 2 is 2.15 bits per heavy atom. The summed E-state index contributed by atoms with van der Waals surface area (Å²) in [6.07, 6.45) is 6.24. The molecule has 0 radical (unpaired) electrons. The molecule has 0 fully saturated rings. The number of allylic oxidation sites excluding steroid dienone is 1. The summed E-state index contributed by atoms with van der Waals surface area (Å²) in [4.78, 5) is 18.2. The standard InChI is InChI=1S/C14H11N3O3/c18-13-7-6-12(17(19)20)10-11(13)4-3-9-16-14-5-1-2-8-15-14/h1-10,18H/b4-3+,16-9+. The highest BCUT2D eigenvalue weighted by molar-refractivity contribution is 5.81. The Bertz CT molecular complexity index is 667. The fourth-order valence-electron chi connectivity index (χ4n) is 1.49. The van der Waals surface area contributed by atoms with Crippen molar-refractivity contribution in [3.63, 3.8) is 0 Å². The van der Waals surface area contributed by atoms with E-state index in [0.717, 1.165) is 0 Å². The number of aliphatic imine (C=N–C) groups is 1. The van der Waals surface area contributed by atoms with Gasteiger partial charge in [0.1, 0.15) is 5.75 Å². The zero-order valence-corrected chi connectivity index (χ0v) is 10.4. The number of hydrogen-bond acceptors (Lipinski definition) is 5. The molecule has 0 bridgehead atoms. The molecular formula is C14H11N3O3. The van der Waals surface area contributed by atoms with E-state index in [-0.39, 0.29) is 11.4 Å². The number of pyridine rings is 1. The molecule has 100 valence electrons. The molecule has 2 aromatic rings. The zero-order valence-electron chi connectivity index (χ0n) is 10.4. The van der Waals surface area contributed by atoms with Gasteiger partial charge in [0.05, 0.1) is 4.92 Å². The molecule has 1 aromatic heterocycles. The van der Waals surface area contributed by atoms with Crippen molar-refractivity contribution in [3.8, 4) is 5.75 Å². The van der Waals surface area contributed by atoms with Gasteiger partial charge in [0.2, 0.25) is 0 Å². The van der Waals surface area contributed by atoms with E-state index in [1.165, 1.54) is 30.5 Å². The third-order valence-electron chi connectivity index (χ3n) is 2.44. The first-order valence-electron chi connectivity index (χ1n) is 5.76. The number of aromatic hydroxyl groups is 1. The average molecular weight is 269 g/mol. The minimum absolute atomic E-state index is 0.0295. The van der Waals surface area contributed by atoms with Crippen LogP contribution >= 0.6 is 0 Å². The molecule has 20 heavy (non-hydrogen) atoms. The van der Waals surface area contributed by atoms with Crippen molar-refractivity contribution in [2.24, 2.45) is 4.99 Å². The molecule has 0 aliphatic heterocycles. The van der Waals surface area contributed by atoms with Gasteiger partial charge in [-0.2, -0.15) is 0 Å². The third-order valence-corrected chi connectivity index (χ3v) is 2.44. The molecule has 0 atom stereocenters. The van der Waals surface area contributed by atoms with Gasteiger partial charge in [0.15, 0.2) is 5.82 Å². The second-order valence-corrected chi connectivity index (χ2v) is 3.83. The predicted molar refractivity (Wildman–Crippen MR) is 76.2 cm³/mol. The Morgan fingerprint density at radius 3 is 2.85 bits per heavy atom. The van der Waals surface area contributed by atoms with Crippen LogP contribution in [0.4, 0.5) is 11.5 Å². The summed E-state index contributed by atoms with van der Waals surface area (Å²) >= 11 is 0. The first-order chi connectivity index (χ1) is 9.66. The van der Waals surface area contributed by atoms with Crippen LogP contribution in [0.15, 0.2) is 53.7 Å². The number of nitrogens with zero attached hydrogens (tertiary/aromatic N) is 3. The van der Waals surface area contributed by atoms with Crippen molar-refractivity contribution < 1.29 is 10.0 Å². The molecule has 0 aliphatic rings. The van der Waals surface area contributed by atoms with Crippen LogP contribution in [0.5, 0.6) is 5.75 Å². The lowest BCUT2D eigenvalue weighted by Gasteiger charge is -1.98. The molecule has 0 saturated carbocycles. The predicted octanol–water partition coefficient (Wildman–Crippen LogP) is 3.11. The van der Waals surface area contributed by atoms with Gasteiger partial charge in [-0.1, -0.05) is 6.07 Å². The van der Waals surface area contributed by atoms with E-state index in [0.29, 0.717) is 11.4 Å². The number of hydrogen-bond donors (Lipinski definition) is 1. The zero-order chi connectivity index (χ0) is 14.4. The van der Waals surface area contributed by atoms with Crippen LogP contribution in [0.2, 0.25) is 0 Å². The van der Waals surface area contributed by atoms with Crippen LogP contribution in [0.1, 0.15) is 5.56 Å². The van der Waals surface area contributed by atoms with Crippen LogP contribution in [0, 0.1) is 10.1 Å². The first-order valence-corrected chi connectivity index (χ1v) is 5.76. The maximum atomic E-state index is 10.6. The fourth-order valence-corrected chi connectivity index (χ4v) is 1.49. The quantitative estimate of drug-likeness (QED) is 0.524. The largest absolute Gasteiger partial charge is 0.507 e. The van der Waals surface area contributed by atoms with Crippen LogP contribution in [0.3, 0.4) is 0 Å². The number of benzene rings is 1. The SMILES string of the molecule is O=[N+]([O-])c1ccc(O)c(/C=C/C=N/c2ccccn2)c1. The van der Waals surface area contributed by atoms with Crippen LogP contribution in [-0.2, 0) is 0 Å². The first kappa shape index (κ1) is 13.4. The number of nitro benzene ring substituents is 1. The van der Waals surface area contributed by atoms with Gasteiger partial charge in [-0.15, -0.1) is 0 Å².